The van der Waals surface area contributed by atoms with E-state index in [1.165, 1.54) is 0 Å². The molecule has 1 fully saturated rings. The van der Waals surface area contributed by atoms with Crippen molar-refractivity contribution in [2.24, 2.45) is 0 Å². The van der Waals surface area contributed by atoms with Crippen LogP contribution in [0.25, 0.3) is 0 Å². The summed E-state index contributed by atoms with van der Waals surface area (Å²) in [7, 11) is 1.62. The van der Waals surface area contributed by atoms with Gasteiger partial charge < -0.3 is 14.2 Å². The highest BCUT2D eigenvalue weighted by Crippen LogP contribution is 2.15. The Bertz CT molecular complexity index is 632. The van der Waals surface area contributed by atoms with Crippen LogP contribution in [0.3, 0.4) is 0 Å². The van der Waals surface area contributed by atoms with Crippen LogP contribution in [0.1, 0.15) is 25.1 Å². The van der Waals surface area contributed by atoms with Crippen molar-refractivity contribution < 1.29 is 9.26 Å². The van der Waals surface area contributed by atoms with Gasteiger partial charge >= 0.3 is 0 Å². The van der Waals surface area contributed by atoms with Crippen LogP contribution in [-0.4, -0.2) is 58.3 Å². The summed E-state index contributed by atoms with van der Waals surface area (Å²) in [5.41, 5.74) is 0. The van der Waals surface area contributed by atoms with Gasteiger partial charge in [-0.05, 0) is 6.42 Å². The molecule has 2 aromatic heterocycles. The van der Waals surface area contributed by atoms with Crippen molar-refractivity contribution in [2.75, 3.05) is 38.2 Å². The van der Waals surface area contributed by atoms with E-state index in [4.69, 9.17) is 9.26 Å². The van der Waals surface area contributed by atoms with Crippen LogP contribution in [-0.2, 0) is 13.0 Å². The SMILES string of the molecule is CCc1nc(CN2CCCN(c3nccc(OC)n3)CC2)no1. The summed E-state index contributed by atoms with van der Waals surface area (Å²) in [5.74, 6) is 2.77. The first-order valence-corrected chi connectivity index (χ1v) is 7.94. The molecule has 1 aliphatic rings. The lowest BCUT2D eigenvalue weighted by Gasteiger charge is -2.21. The fourth-order valence-electron chi connectivity index (χ4n) is 2.63. The molecule has 1 aliphatic heterocycles. The molecule has 2 aromatic rings. The molecule has 8 nitrogen and oxygen atoms in total. The van der Waals surface area contributed by atoms with E-state index in [9.17, 15) is 0 Å². The van der Waals surface area contributed by atoms with Crippen LogP contribution in [0, 0.1) is 0 Å². The van der Waals surface area contributed by atoms with Crippen molar-refractivity contribution in [3.05, 3.63) is 24.0 Å². The van der Waals surface area contributed by atoms with E-state index in [1.54, 1.807) is 19.4 Å². The van der Waals surface area contributed by atoms with Crippen LogP contribution in [0.2, 0.25) is 0 Å². The lowest BCUT2D eigenvalue weighted by Crippen LogP contribution is -2.31. The molecule has 0 spiro atoms. The predicted molar refractivity (Wildman–Crippen MR) is 84.4 cm³/mol. The van der Waals surface area contributed by atoms with Crippen LogP contribution < -0.4 is 9.64 Å². The van der Waals surface area contributed by atoms with Crippen LogP contribution in [0.15, 0.2) is 16.8 Å². The molecule has 0 radical (unpaired) electrons. The third kappa shape index (κ3) is 3.95. The predicted octanol–water partition coefficient (Wildman–Crippen LogP) is 1.14. The molecular weight excluding hydrogens is 296 g/mol. The normalized spacial score (nSPS) is 16.3. The van der Waals surface area contributed by atoms with Crippen molar-refractivity contribution in [3.63, 3.8) is 0 Å². The van der Waals surface area contributed by atoms with E-state index < -0.39 is 0 Å². The van der Waals surface area contributed by atoms with Gasteiger partial charge in [0.05, 0.1) is 13.7 Å². The highest BCUT2D eigenvalue weighted by atomic mass is 16.5. The first kappa shape index (κ1) is 15.7. The second kappa shape index (κ2) is 7.36. The number of aromatic nitrogens is 4. The van der Waals surface area contributed by atoms with E-state index in [0.29, 0.717) is 11.8 Å². The Labute approximate surface area is 135 Å². The van der Waals surface area contributed by atoms with Gasteiger partial charge in [-0.25, -0.2) is 4.98 Å². The Kier molecular flexibility index (Phi) is 5.02. The summed E-state index contributed by atoms with van der Waals surface area (Å²) >= 11 is 0. The fourth-order valence-corrected chi connectivity index (χ4v) is 2.63. The Hall–Kier alpha value is -2.22. The smallest absolute Gasteiger partial charge is 0.228 e. The van der Waals surface area contributed by atoms with Gasteiger partial charge in [-0.15, -0.1) is 0 Å². The van der Waals surface area contributed by atoms with Gasteiger partial charge in [-0.3, -0.25) is 4.90 Å². The van der Waals surface area contributed by atoms with Crippen LogP contribution in [0.5, 0.6) is 5.88 Å². The van der Waals surface area contributed by atoms with Crippen molar-refractivity contribution in [1.82, 2.24) is 25.0 Å². The van der Waals surface area contributed by atoms with E-state index in [2.05, 4.69) is 29.9 Å². The molecule has 0 bridgehead atoms. The maximum Gasteiger partial charge on any atom is 0.228 e. The molecule has 3 rings (SSSR count). The molecule has 0 atom stereocenters. The van der Waals surface area contributed by atoms with Gasteiger partial charge in [-0.1, -0.05) is 12.1 Å². The van der Waals surface area contributed by atoms with E-state index in [0.717, 1.165) is 57.3 Å². The average molecular weight is 318 g/mol. The first-order valence-electron chi connectivity index (χ1n) is 7.94. The molecule has 0 unspecified atom stereocenters. The average Bonchev–Trinajstić information content (AvgIpc) is 2.92. The van der Waals surface area contributed by atoms with Crippen LogP contribution in [0.4, 0.5) is 5.95 Å². The molecule has 0 amide bonds. The topological polar surface area (TPSA) is 80.4 Å². The minimum Gasteiger partial charge on any atom is -0.481 e. The molecule has 0 aromatic carbocycles. The van der Waals surface area contributed by atoms with Crippen molar-refractivity contribution in [2.45, 2.75) is 26.3 Å². The van der Waals surface area contributed by atoms with Gasteiger partial charge in [-0.2, -0.15) is 9.97 Å². The molecular formula is C15H22N6O2. The summed E-state index contributed by atoms with van der Waals surface area (Å²) in [6.45, 7) is 6.43. The Morgan fingerprint density at radius 2 is 2.13 bits per heavy atom. The zero-order valence-corrected chi connectivity index (χ0v) is 13.6. The van der Waals surface area contributed by atoms with Crippen molar-refractivity contribution in [3.8, 4) is 5.88 Å². The number of nitrogens with zero attached hydrogens (tertiary/aromatic N) is 6. The van der Waals surface area contributed by atoms with Crippen LogP contribution >= 0.6 is 0 Å². The zero-order valence-electron chi connectivity index (χ0n) is 13.6. The lowest BCUT2D eigenvalue weighted by atomic mass is 10.4. The van der Waals surface area contributed by atoms with Gasteiger partial charge in [0.1, 0.15) is 0 Å². The summed E-state index contributed by atoms with van der Waals surface area (Å²) in [6, 6.07) is 1.76. The highest BCUT2D eigenvalue weighted by molar-refractivity contribution is 5.32. The number of rotatable bonds is 5. The van der Waals surface area contributed by atoms with Crippen molar-refractivity contribution in [1.29, 1.82) is 0 Å². The zero-order chi connectivity index (χ0) is 16.1. The van der Waals surface area contributed by atoms with Gasteiger partial charge in [0.2, 0.25) is 17.7 Å². The number of ether oxygens (including phenoxy) is 1. The molecule has 0 aliphatic carbocycles. The number of hydrogen-bond acceptors (Lipinski definition) is 8. The Balaban J connectivity index is 1.60. The van der Waals surface area contributed by atoms with E-state index in [1.807, 2.05) is 6.92 Å². The van der Waals surface area contributed by atoms with Crippen molar-refractivity contribution >= 4 is 5.95 Å². The maximum absolute atomic E-state index is 5.17. The molecule has 23 heavy (non-hydrogen) atoms. The number of aryl methyl sites for hydroxylation is 1. The van der Waals surface area contributed by atoms with Gasteiger partial charge in [0.25, 0.3) is 0 Å². The monoisotopic (exact) mass is 318 g/mol. The largest absolute Gasteiger partial charge is 0.481 e. The Morgan fingerprint density at radius 1 is 1.22 bits per heavy atom. The molecule has 8 heteroatoms. The summed E-state index contributed by atoms with van der Waals surface area (Å²) < 4.78 is 10.3. The number of hydrogen-bond donors (Lipinski definition) is 0. The highest BCUT2D eigenvalue weighted by Gasteiger charge is 2.19. The standard InChI is InChI=1S/C15H22N6O2/c1-3-13-17-12(19-23-13)11-20-7-4-8-21(10-9-20)15-16-6-5-14(18-15)22-2/h5-6H,3-4,7-11H2,1-2H3. The second-order valence-corrected chi connectivity index (χ2v) is 5.47. The second-order valence-electron chi connectivity index (χ2n) is 5.47. The molecule has 0 saturated carbocycles. The summed E-state index contributed by atoms with van der Waals surface area (Å²) in [6.07, 6.45) is 3.54. The van der Waals surface area contributed by atoms with Gasteiger partial charge in [0.15, 0.2) is 5.82 Å². The third-order valence-electron chi connectivity index (χ3n) is 3.88. The summed E-state index contributed by atoms with van der Waals surface area (Å²) in [4.78, 5) is 17.7. The maximum atomic E-state index is 5.17. The minimum atomic E-state index is 0.593. The van der Waals surface area contributed by atoms with E-state index in [-0.39, 0.29) is 0 Å². The quantitative estimate of drug-likeness (QED) is 0.812. The lowest BCUT2D eigenvalue weighted by molar-refractivity contribution is 0.271. The first-order chi connectivity index (χ1) is 11.3. The number of anilines is 1. The Morgan fingerprint density at radius 3 is 2.91 bits per heavy atom. The molecule has 3 heterocycles. The van der Waals surface area contributed by atoms with Gasteiger partial charge in [0, 0.05) is 44.9 Å². The molecule has 124 valence electrons. The third-order valence-corrected chi connectivity index (χ3v) is 3.88. The minimum absolute atomic E-state index is 0.593. The van der Waals surface area contributed by atoms with E-state index >= 15 is 0 Å². The number of methoxy groups -OCH3 is 1. The fraction of sp³-hybridized carbons (Fsp3) is 0.600. The molecule has 1 saturated heterocycles. The molecule has 0 N–H and O–H groups in total. The summed E-state index contributed by atoms with van der Waals surface area (Å²) in [5, 5.41) is 4.03.